The average molecular weight is 470 g/mol. The molecule has 35 heavy (non-hydrogen) atoms. The quantitative estimate of drug-likeness (QED) is 0.328. The molecule has 0 aliphatic carbocycles. The zero-order chi connectivity index (χ0) is 24.2. The van der Waals surface area contributed by atoms with Crippen LogP contribution in [-0.2, 0) is 6.54 Å². The zero-order valence-electron chi connectivity index (χ0n) is 20.0. The standard InChI is InChI=1S/C29H31N3O3/c1-20-5-7-21(8-6-20)19-32-16-3-2-4-24(32)15-17-35-25-12-9-22(10-13-25)28-30-26-14-11-23(29(33)34)18-27(26)31-28/h5-14,18,24H,2-4,15-17,19H2,1H3,(H,30,31)(H,33,34). The molecule has 2 N–H and O–H groups in total. The number of aryl methyl sites for hydroxylation is 1. The van der Waals surface area contributed by atoms with Crippen molar-refractivity contribution in [2.45, 2.75) is 45.2 Å². The molecule has 2 heterocycles. The number of ether oxygens (including phenoxy) is 1. The van der Waals surface area contributed by atoms with Gasteiger partial charge in [-0.25, -0.2) is 9.78 Å². The van der Waals surface area contributed by atoms with Crippen molar-refractivity contribution in [2.24, 2.45) is 0 Å². The van der Waals surface area contributed by atoms with Gasteiger partial charge < -0.3 is 14.8 Å². The summed E-state index contributed by atoms with van der Waals surface area (Å²) in [5.41, 5.74) is 5.30. The van der Waals surface area contributed by atoms with Gasteiger partial charge in [-0.15, -0.1) is 0 Å². The Labute approximate surface area is 205 Å². The van der Waals surface area contributed by atoms with Crippen LogP contribution in [0.1, 0.15) is 47.2 Å². The van der Waals surface area contributed by atoms with Crippen molar-refractivity contribution in [2.75, 3.05) is 13.2 Å². The third kappa shape index (κ3) is 5.54. The smallest absolute Gasteiger partial charge is 0.335 e. The molecule has 1 aliphatic heterocycles. The third-order valence-electron chi connectivity index (χ3n) is 6.83. The van der Waals surface area contributed by atoms with Crippen molar-refractivity contribution in [3.05, 3.63) is 83.4 Å². The normalized spacial score (nSPS) is 16.4. The van der Waals surface area contributed by atoms with Gasteiger partial charge in [0.2, 0.25) is 0 Å². The van der Waals surface area contributed by atoms with Gasteiger partial charge in [-0.1, -0.05) is 36.2 Å². The van der Waals surface area contributed by atoms with Gasteiger partial charge in [0.1, 0.15) is 11.6 Å². The molecule has 1 aromatic heterocycles. The minimum absolute atomic E-state index is 0.231. The SMILES string of the molecule is Cc1ccc(CN2CCCCC2CCOc2ccc(-c3nc4cc(C(=O)O)ccc4[nH]3)cc2)cc1. The Bertz CT molecular complexity index is 1300. The molecule has 1 saturated heterocycles. The van der Waals surface area contributed by atoms with E-state index in [9.17, 15) is 9.90 Å². The number of carbonyl (C=O) groups is 1. The molecule has 1 fully saturated rings. The number of aromatic amines is 1. The van der Waals surface area contributed by atoms with Crippen LogP contribution >= 0.6 is 0 Å². The lowest BCUT2D eigenvalue weighted by Crippen LogP contribution is -2.39. The number of aromatic carboxylic acids is 1. The number of H-pyrrole nitrogens is 1. The number of fused-ring (bicyclic) bond motifs is 1. The predicted octanol–water partition coefficient (Wildman–Crippen LogP) is 6.06. The maximum Gasteiger partial charge on any atom is 0.335 e. The van der Waals surface area contributed by atoms with Crippen molar-refractivity contribution >= 4 is 17.0 Å². The molecular weight excluding hydrogens is 438 g/mol. The number of rotatable bonds is 8. The molecule has 3 aromatic carbocycles. The molecule has 1 atom stereocenters. The van der Waals surface area contributed by atoms with Crippen LogP contribution in [-0.4, -0.2) is 45.1 Å². The first kappa shape index (κ1) is 23.1. The Morgan fingerprint density at radius 2 is 1.89 bits per heavy atom. The summed E-state index contributed by atoms with van der Waals surface area (Å²) in [5, 5.41) is 9.19. The number of nitrogens with one attached hydrogen (secondary N) is 1. The fraction of sp³-hybridized carbons (Fsp3) is 0.310. The van der Waals surface area contributed by atoms with Gasteiger partial charge in [0, 0.05) is 18.2 Å². The molecule has 1 unspecified atom stereocenters. The Balaban J connectivity index is 1.18. The number of hydrogen-bond donors (Lipinski definition) is 2. The minimum atomic E-state index is -0.954. The fourth-order valence-electron chi connectivity index (χ4n) is 4.82. The molecule has 4 aromatic rings. The Kier molecular flexibility index (Phi) is 6.82. The topological polar surface area (TPSA) is 78.4 Å². The van der Waals surface area contributed by atoms with Crippen molar-refractivity contribution < 1.29 is 14.6 Å². The lowest BCUT2D eigenvalue weighted by molar-refractivity contribution is 0.0697. The first-order chi connectivity index (χ1) is 17.0. The van der Waals surface area contributed by atoms with Crippen molar-refractivity contribution in [1.29, 1.82) is 0 Å². The number of likely N-dealkylation sites (tertiary alicyclic amines) is 1. The highest BCUT2D eigenvalue weighted by Gasteiger charge is 2.22. The van der Waals surface area contributed by atoms with Gasteiger partial charge >= 0.3 is 5.97 Å². The summed E-state index contributed by atoms with van der Waals surface area (Å²) in [7, 11) is 0. The van der Waals surface area contributed by atoms with Gasteiger partial charge in [-0.2, -0.15) is 0 Å². The van der Waals surface area contributed by atoms with E-state index >= 15 is 0 Å². The average Bonchev–Trinajstić information content (AvgIpc) is 3.30. The maximum absolute atomic E-state index is 11.2. The minimum Gasteiger partial charge on any atom is -0.494 e. The first-order valence-corrected chi connectivity index (χ1v) is 12.3. The summed E-state index contributed by atoms with van der Waals surface area (Å²) in [6.45, 7) is 4.98. The van der Waals surface area contributed by atoms with Crippen molar-refractivity contribution in [1.82, 2.24) is 14.9 Å². The zero-order valence-corrected chi connectivity index (χ0v) is 20.0. The third-order valence-corrected chi connectivity index (χ3v) is 6.83. The van der Waals surface area contributed by atoms with Crippen LogP contribution in [0.15, 0.2) is 66.7 Å². The number of piperidine rings is 1. The molecule has 0 saturated carbocycles. The van der Waals surface area contributed by atoms with E-state index in [2.05, 4.69) is 46.1 Å². The van der Waals surface area contributed by atoms with E-state index in [1.54, 1.807) is 18.2 Å². The van der Waals surface area contributed by atoms with Crippen molar-refractivity contribution in [3.8, 4) is 17.1 Å². The number of benzene rings is 3. The van der Waals surface area contributed by atoms with Gasteiger partial charge in [0.25, 0.3) is 0 Å². The predicted molar refractivity (Wildman–Crippen MR) is 138 cm³/mol. The van der Waals surface area contributed by atoms with Crippen molar-refractivity contribution in [3.63, 3.8) is 0 Å². The molecule has 1 aliphatic rings. The van der Waals surface area contributed by atoms with Crippen LogP contribution < -0.4 is 4.74 Å². The second kappa shape index (κ2) is 10.3. The molecule has 5 rings (SSSR count). The Morgan fingerprint density at radius 1 is 1.09 bits per heavy atom. The number of aromatic nitrogens is 2. The van der Waals surface area contributed by atoms with Gasteiger partial charge in [0.15, 0.2) is 0 Å². The monoisotopic (exact) mass is 469 g/mol. The Hall–Kier alpha value is -3.64. The molecule has 180 valence electrons. The van der Waals surface area contributed by atoms with Gasteiger partial charge in [-0.3, -0.25) is 4.90 Å². The van der Waals surface area contributed by atoms with Crippen LogP contribution in [0.3, 0.4) is 0 Å². The van der Waals surface area contributed by atoms with Gasteiger partial charge in [0.05, 0.1) is 23.2 Å². The van der Waals surface area contributed by atoms with Crippen LogP contribution in [0.5, 0.6) is 5.75 Å². The lowest BCUT2D eigenvalue weighted by Gasteiger charge is -2.35. The first-order valence-electron chi connectivity index (χ1n) is 12.3. The van der Waals surface area contributed by atoms with E-state index in [0.29, 0.717) is 24.0 Å². The van der Waals surface area contributed by atoms with E-state index < -0.39 is 5.97 Å². The summed E-state index contributed by atoms with van der Waals surface area (Å²) in [6.07, 6.45) is 4.80. The molecule has 6 nitrogen and oxygen atoms in total. The number of carboxylic acid groups (broad SMARTS) is 1. The maximum atomic E-state index is 11.2. The van der Waals surface area contributed by atoms with E-state index in [1.807, 2.05) is 24.3 Å². The lowest BCUT2D eigenvalue weighted by atomic mass is 9.98. The van der Waals surface area contributed by atoms with E-state index in [1.165, 1.54) is 30.4 Å². The highest BCUT2D eigenvalue weighted by molar-refractivity contribution is 5.93. The molecule has 6 heteroatoms. The molecule has 0 radical (unpaired) electrons. The largest absolute Gasteiger partial charge is 0.494 e. The number of carboxylic acids is 1. The van der Waals surface area contributed by atoms with Crippen LogP contribution in [0.25, 0.3) is 22.4 Å². The summed E-state index contributed by atoms with van der Waals surface area (Å²) in [6, 6.07) is 22.2. The summed E-state index contributed by atoms with van der Waals surface area (Å²) in [5.74, 6) is 0.603. The van der Waals surface area contributed by atoms with Crippen LogP contribution in [0.4, 0.5) is 0 Å². The summed E-state index contributed by atoms with van der Waals surface area (Å²) < 4.78 is 6.09. The van der Waals surface area contributed by atoms with E-state index in [4.69, 9.17) is 4.74 Å². The molecule has 0 bridgehead atoms. The highest BCUT2D eigenvalue weighted by Crippen LogP contribution is 2.25. The van der Waals surface area contributed by atoms with Gasteiger partial charge in [-0.05, 0) is 80.8 Å². The fourth-order valence-corrected chi connectivity index (χ4v) is 4.82. The second-order valence-corrected chi connectivity index (χ2v) is 9.39. The van der Waals surface area contributed by atoms with Crippen LogP contribution in [0, 0.1) is 6.92 Å². The Morgan fingerprint density at radius 3 is 2.66 bits per heavy atom. The number of nitrogens with zero attached hydrogens (tertiary/aromatic N) is 2. The second-order valence-electron chi connectivity index (χ2n) is 9.39. The molecule has 0 spiro atoms. The van der Waals surface area contributed by atoms with E-state index in [-0.39, 0.29) is 5.56 Å². The van der Waals surface area contributed by atoms with Crippen LogP contribution in [0.2, 0.25) is 0 Å². The summed E-state index contributed by atoms with van der Waals surface area (Å²) >= 11 is 0. The number of imidazole rings is 1. The molecular formula is C29H31N3O3. The van der Waals surface area contributed by atoms with E-state index in [0.717, 1.165) is 36.3 Å². The highest BCUT2D eigenvalue weighted by atomic mass is 16.5. The molecule has 0 amide bonds. The summed E-state index contributed by atoms with van der Waals surface area (Å²) in [4.78, 5) is 21.6. The number of hydrogen-bond acceptors (Lipinski definition) is 4.